The molecule has 19 heavy (non-hydrogen) atoms. The van der Waals surface area contributed by atoms with Crippen LogP contribution < -0.4 is 11.3 Å². The first kappa shape index (κ1) is 16.5. The molecule has 0 spiro atoms. The maximum atomic E-state index is 5.64. The van der Waals surface area contributed by atoms with Gasteiger partial charge in [-0.05, 0) is 25.5 Å². The largest absolute Gasteiger partial charge is 0.271 e. The third-order valence-electron chi connectivity index (χ3n) is 3.36. The summed E-state index contributed by atoms with van der Waals surface area (Å²) in [6, 6.07) is 9.13. The van der Waals surface area contributed by atoms with E-state index in [0.717, 1.165) is 5.75 Å². The van der Waals surface area contributed by atoms with Crippen LogP contribution in [0.25, 0.3) is 0 Å². The first-order valence-electron chi connectivity index (χ1n) is 7.42. The van der Waals surface area contributed by atoms with Crippen LogP contribution in [-0.2, 0) is 0 Å². The molecule has 0 aliphatic rings. The molecule has 1 rings (SSSR count). The Morgan fingerprint density at radius 3 is 2.42 bits per heavy atom. The van der Waals surface area contributed by atoms with Crippen LogP contribution in [0, 0.1) is 6.92 Å². The Bertz CT molecular complexity index is 324. The molecule has 1 unspecified atom stereocenters. The van der Waals surface area contributed by atoms with Crippen LogP contribution in [0.4, 0.5) is 0 Å². The van der Waals surface area contributed by atoms with Gasteiger partial charge in [0.25, 0.3) is 0 Å². The highest BCUT2D eigenvalue weighted by Gasteiger charge is 2.07. The van der Waals surface area contributed by atoms with E-state index in [1.165, 1.54) is 49.0 Å². The fourth-order valence-electron chi connectivity index (χ4n) is 2.04. The first-order valence-corrected chi connectivity index (χ1v) is 8.40. The van der Waals surface area contributed by atoms with Crippen molar-refractivity contribution in [2.75, 3.05) is 5.75 Å². The van der Waals surface area contributed by atoms with E-state index in [4.69, 9.17) is 5.84 Å². The van der Waals surface area contributed by atoms with Gasteiger partial charge in [0.1, 0.15) is 0 Å². The van der Waals surface area contributed by atoms with E-state index < -0.39 is 0 Å². The monoisotopic (exact) mass is 280 g/mol. The van der Waals surface area contributed by atoms with Gasteiger partial charge >= 0.3 is 0 Å². The predicted molar refractivity (Wildman–Crippen MR) is 86.4 cm³/mol. The number of hydrogen-bond acceptors (Lipinski definition) is 3. The zero-order valence-corrected chi connectivity index (χ0v) is 13.1. The molecule has 1 aromatic rings. The van der Waals surface area contributed by atoms with Crippen LogP contribution in [0.5, 0.6) is 0 Å². The smallest absolute Gasteiger partial charge is 0.0304 e. The van der Waals surface area contributed by atoms with Gasteiger partial charge in [0.2, 0.25) is 0 Å². The number of hydrazine groups is 1. The van der Waals surface area contributed by atoms with E-state index in [-0.39, 0.29) is 0 Å². The van der Waals surface area contributed by atoms with E-state index >= 15 is 0 Å². The molecule has 0 saturated carbocycles. The highest BCUT2D eigenvalue weighted by atomic mass is 32.2. The number of hydrogen-bond donors (Lipinski definition) is 2. The second-order valence-corrected chi connectivity index (χ2v) is 6.28. The zero-order valence-electron chi connectivity index (χ0n) is 12.3. The van der Waals surface area contributed by atoms with Crippen molar-refractivity contribution >= 4 is 11.8 Å². The maximum Gasteiger partial charge on any atom is 0.0304 e. The number of nitrogens with one attached hydrogen (secondary N) is 1. The van der Waals surface area contributed by atoms with Gasteiger partial charge in [0.15, 0.2) is 0 Å². The normalized spacial score (nSPS) is 12.6. The summed E-state index contributed by atoms with van der Waals surface area (Å²) in [4.78, 5) is 1.33. The first-order chi connectivity index (χ1) is 9.26. The van der Waals surface area contributed by atoms with Gasteiger partial charge in [0, 0.05) is 16.7 Å². The van der Waals surface area contributed by atoms with Crippen molar-refractivity contribution in [3.8, 4) is 0 Å². The van der Waals surface area contributed by atoms with Gasteiger partial charge < -0.3 is 0 Å². The van der Waals surface area contributed by atoms with Gasteiger partial charge in [0.05, 0.1) is 0 Å². The fourth-order valence-corrected chi connectivity index (χ4v) is 3.03. The van der Waals surface area contributed by atoms with Crippen molar-refractivity contribution in [1.29, 1.82) is 0 Å². The lowest BCUT2D eigenvalue weighted by Crippen LogP contribution is -2.36. The summed E-state index contributed by atoms with van der Waals surface area (Å²) in [6.45, 7) is 4.37. The maximum absolute atomic E-state index is 5.64. The molecule has 0 aliphatic heterocycles. The number of rotatable bonds is 10. The van der Waals surface area contributed by atoms with Gasteiger partial charge in [-0.15, -0.1) is 11.8 Å². The second kappa shape index (κ2) is 10.3. The van der Waals surface area contributed by atoms with E-state index in [1.54, 1.807) is 0 Å². The molecule has 0 saturated heterocycles. The molecule has 0 amide bonds. The molecule has 1 aromatic carbocycles. The lowest BCUT2D eigenvalue weighted by Gasteiger charge is -2.15. The van der Waals surface area contributed by atoms with Crippen LogP contribution in [-0.4, -0.2) is 11.8 Å². The highest BCUT2D eigenvalue weighted by Crippen LogP contribution is 2.20. The number of unbranched alkanes of at least 4 members (excludes halogenated alkanes) is 4. The number of benzene rings is 1. The Balaban J connectivity index is 2.19. The van der Waals surface area contributed by atoms with Gasteiger partial charge in [-0.3, -0.25) is 11.3 Å². The minimum atomic E-state index is 0.424. The van der Waals surface area contributed by atoms with Crippen molar-refractivity contribution in [2.45, 2.75) is 63.3 Å². The van der Waals surface area contributed by atoms with E-state index in [1.807, 2.05) is 11.8 Å². The Morgan fingerprint density at radius 2 is 1.79 bits per heavy atom. The summed E-state index contributed by atoms with van der Waals surface area (Å²) < 4.78 is 0. The molecule has 0 fully saturated rings. The average Bonchev–Trinajstić information content (AvgIpc) is 2.44. The van der Waals surface area contributed by atoms with Crippen molar-refractivity contribution in [1.82, 2.24) is 5.43 Å². The highest BCUT2D eigenvalue weighted by molar-refractivity contribution is 7.99. The minimum Gasteiger partial charge on any atom is -0.271 e. The summed E-state index contributed by atoms with van der Waals surface area (Å²) in [5, 5.41) is 0. The molecular formula is C16H28N2S. The minimum absolute atomic E-state index is 0.424. The predicted octanol–water partition coefficient (Wildman–Crippen LogP) is 4.28. The molecule has 1 atom stereocenters. The zero-order chi connectivity index (χ0) is 13.9. The molecule has 2 nitrogen and oxygen atoms in total. The average molecular weight is 280 g/mol. The van der Waals surface area contributed by atoms with Crippen molar-refractivity contribution in [3.05, 3.63) is 29.8 Å². The summed E-state index contributed by atoms with van der Waals surface area (Å²) >= 11 is 1.89. The SMILES string of the molecule is CCCCCCCC(CSc1ccc(C)cc1)NN. The topological polar surface area (TPSA) is 38.0 Å². The van der Waals surface area contributed by atoms with Crippen LogP contribution in [0.2, 0.25) is 0 Å². The van der Waals surface area contributed by atoms with Crippen LogP contribution >= 0.6 is 11.8 Å². The standard InChI is InChI=1S/C16H28N2S/c1-3-4-5-6-7-8-15(18-17)13-19-16-11-9-14(2)10-12-16/h9-12,15,18H,3-8,13,17H2,1-2H3. The van der Waals surface area contributed by atoms with Crippen molar-refractivity contribution in [3.63, 3.8) is 0 Å². The summed E-state index contributed by atoms with van der Waals surface area (Å²) in [7, 11) is 0. The Morgan fingerprint density at radius 1 is 1.11 bits per heavy atom. The van der Waals surface area contributed by atoms with Gasteiger partial charge in [-0.25, -0.2) is 0 Å². The van der Waals surface area contributed by atoms with Crippen LogP contribution in [0.3, 0.4) is 0 Å². The van der Waals surface area contributed by atoms with Crippen molar-refractivity contribution < 1.29 is 0 Å². The van der Waals surface area contributed by atoms with Gasteiger partial charge in [-0.2, -0.15) is 0 Å². The molecule has 0 aliphatic carbocycles. The fraction of sp³-hybridized carbons (Fsp3) is 0.625. The van der Waals surface area contributed by atoms with Crippen LogP contribution in [0.1, 0.15) is 51.0 Å². The summed E-state index contributed by atoms with van der Waals surface area (Å²) in [5.74, 6) is 6.69. The molecule has 3 N–H and O–H groups in total. The molecule has 0 aromatic heterocycles. The lowest BCUT2D eigenvalue weighted by molar-refractivity contribution is 0.497. The molecule has 0 bridgehead atoms. The molecular weight excluding hydrogens is 252 g/mol. The quantitative estimate of drug-likeness (QED) is 0.291. The van der Waals surface area contributed by atoms with Crippen LogP contribution in [0.15, 0.2) is 29.2 Å². The third-order valence-corrected chi connectivity index (χ3v) is 4.54. The Kier molecular flexibility index (Phi) is 8.97. The van der Waals surface area contributed by atoms with E-state index in [9.17, 15) is 0 Å². The molecule has 3 heteroatoms. The number of aryl methyl sites for hydroxylation is 1. The third kappa shape index (κ3) is 7.61. The van der Waals surface area contributed by atoms with E-state index in [0.29, 0.717) is 6.04 Å². The number of thioether (sulfide) groups is 1. The Hall–Kier alpha value is -0.510. The summed E-state index contributed by atoms with van der Waals surface area (Å²) in [5.41, 5.74) is 4.27. The van der Waals surface area contributed by atoms with Gasteiger partial charge in [-0.1, -0.05) is 56.7 Å². The lowest BCUT2D eigenvalue weighted by atomic mass is 10.1. The second-order valence-electron chi connectivity index (χ2n) is 5.19. The van der Waals surface area contributed by atoms with E-state index in [2.05, 4.69) is 43.5 Å². The molecule has 0 radical (unpaired) electrons. The van der Waals surface area contributed by atoms with Crippen molar-refractivity contribution in [2.24, 2.45) is 5.84 Å². The Labute approximate surface area is 122 Å². The molecule has 0 heterocycles. The summed E-state index contributed by atoms with van der Waals surface area (Å²) in [6.07, 6.45) is 7.82. The number of nitrogens with two attached hydrogens (primary N) is 1. The molecule has 108 valence electrons.